The summed E-state index contributed by atoms with van der Waals surface area (Å²) in [6, 6.07) is 13.1. The molecule has 1 aliphatic heterocycles. The Morgan fingerprint density at radius 1 is 1.00 bits per heavy atom. The molecule has 1 atom stereocenters. The van der Waals surface area contributed by atoms with E-state index in [1.807, 2.05) is 35.7 Å². The summed E-state index contributed by atoms with van der Waals surface area (Å²) in [5, 5.41) is 13.5. The number of methoxy groups -OCH3 is 3. The first-order valence-electron chi connectivity index (χ1n) is 10.3. The second-order valence-corrected chi connectivity index (χ2v) is 8.83. The van der Waals surface area contributed by atoms with Gasteiger partial charge in [-0.2, -0.15) is 0 Å². The maximum absolute atomic E-state index is 13.3. The Morgan fingerprint density at radius 3 is 2.35 bits per heavy atom. The number of thiophene rings is 1. The van der Waals surface area contributed by atoms with Crippen LogP contribution in [0, 0.1) is 0 Å². The molecule has 0 aliphatic carbocycles. The van der Waals surface area contributed by atoms with Crippen molar-refractivity contribution in [2.24, 2.45) is 0 Å². The maximum atomic E-state index is 13.3. The Labute approximate surface area is 205 Å². The zero-order valence-electron chi connectivity index (χ0n) is 18.7. The number of halogens is 1. The predicted octanol–water partition coefficient (Wildman–Crippen LogP) is 5.05. The first kappa shape index (κ1) is 23.7. The summed E-state index contributed by atoms with van der Waals surface area (Å²) in [6.07, 6.45) is 0. The normalized spacial score (nSPS) is 17.2. The average Bonchev–Trinajstić information content (AvgIpc) is 3.46. The molecule has 1 N–H and O–H groups in total. The van der Waals surface area contributed by atoms with Gasteiger partial charge in [-0.1, -0.05) is 35.9 Å². The number of nitrogens with zero attached hydrogens (tertiary/aromatic N) is 1. The number of para-hydroxylation sites is 1. The highest BCUT2D eigenvalue weighted by Crippen LogP contribution is 2.45. The van der Waals surface area contributed by atoms with Crippen LogP contribution in [0.1, 0.15) is 22.0 Å². The summed E-state index contributed by atoms with van der Waals surface area (Å²) in [4.78, 5) is 28.7. The lowest BCUT2D eigenvalue weighted by Gasteiger charge is -2.25. The van der Waals surface area contributed by atoms with Gasteiger partial charge in [0.15, 0.2) is 0 Å². The number of carbonyl (C=O) groups excluding carboxylic acids is 2. The van der Waals surface area contributed by atoms with Crippen LogP contribution in [0.15, 0.2) is 59.5 Å². The van der Waals surface area contributed by atoms with Crippen molar-refractivity contribution in [3.63, 3.8) is 0 Å². The number of likely N-dealkylation sites (tertiary alicyclic amines) is 1. The third-order valence-corrected chi connectivity index (χ3v) is 6.83. The smallest absolute Gasteiger partial charge is 0.295 e. The molecule has 1 unspecified atom stereocenters. The summed E-state index contributed by atoms with van der Waals surface area (Å²) >= 11 is 7.59. The zero-order chi connectivity index (χ0) is 24.4. The van der Waals surface area contributed by atoms with Crippen LogP contribution < -0.4 is 14.2 Å². The first-order valence-corrected chi connectivity index (χ1v) is 11.5. The van der Waals surface area contributed by atoms with E-state index in [0.29, 0.717) is 11.5 Å². The fourth-order valence-electron chi connectivity index (χ4n) is 3.99. The molecule has 0 radical (unpaired) electrons. The lowest BCUT2D eigenvalue weighted by molar-refractivity contribution is -0.140. The summed E-state index contributed by atoms with van der Waals surface area (Å²) in [6.45, 7) is 0.120. The Kier molecular flexibility index (Phi) is 6.81. The Hall–Kier alpha value is -3.49. The molecule has 0 spiro atoms. The second kappa shape index (κ2) is 9.79. The molecule has 3 aromatic rings. The van der Waals surface area contributed by atoms with Gasteiger partial charge in [0.25, 0.3) is 11.7 Å². The molecule has 9 heteroatoms. The van der Waals surface area contributed by atoms with E-state index in [1.165, 1.54) is 42.6 Å². The third kappa shape index (κ3) is 4.10. The number of benzene rings is 2. The van der Waals surface area contributed by atoms with Crippen molar-refractivity contribution in [2.45, 2.75) is 12.6 Å². The minimum absolute atomic E-state index is 0.0370. The van der Waals surface area contributed by atoms with E-state index in [4.69, 9.17) is 25.8 Å². The van der Waals surface area contributed by atoms with Crippen molar-refractivity contribution < 1.29 is 28.9 Å². The van der Waals surface area contributed by atoms with Crippen molar-refractivity contribution in [1.29, 1.82) is 0 Å². The van der Waals surface area contributed by atoms with Crippen molar-refractivity contribution >= 4 is 40.4 Å². The van der Waals surface area contributed by atoms with Gasteiger partial charge in [0.2, 0.25) is 0 Å². The molecule has 2 heterocycles. The average molecular weight is 500 g/mol. The van der Waals surface area contributed by atoms with Crippen LogP contribution in [-0.2, 0) is 16.1 Å². The van der Waals surface area contributed by atoms with Gasteiger partial charge in [0.1, 0.15) is 23.0 Å². The number of Topliss-reactive ketones (excluding diaryl/α,β-unsaturated/α-hetero) is 1. The number of amides is 1. The summed E-state index contributed by atoms with van der Waals surface area (Å²) < 4.78 is 16.1. The van der Waals surface area contributed by atoms with Crippen LogP contribution in [0.2, 0.25) is 5.02 Å². The molecule has 1 saturated heterocycles. The van der Waals surface area contributed by atoms with Crippen LogP contribution >= 0.6 is 22.9 Å². The highest BCUT2D eigenvalue weighted by molar-refractivity contribution is 7.10. The topological polar surface area (TPSA) is 85.3 Å². The number of aliphatic hydroxyl groups is 1. The molecule has 2 aromatic carbocycles. The van der Waals surface area contributed by atoms with Gasteiger partial charge in [0.05, 0.1) is 50.1 Å². The molecular weight excluding hydrogens is 478 g/mol. The molecule has 7 nitrogen and oxygen atoms in total. The summed E-state index contributed by atoms with van der Waals surface area (Å²) in [5.41, 5.74) is 0.893. The minimum Gasteiger partial charge on any atom is -0.507 e. The molecule has 176 valence electrons. The second-order valence-electron chi connectivity index (χ2n) is 7.44. The molecule has 4 rings (SSSR count). The molecule has 1 amide bonds. The van der Waals surface area contributed by atoms with Gasteiger partial charge < -0.3 is 24.2 Å². The number of ether oxygens (including phenoxy) is 3. The largest absolute Gasteiger partial charge is 0.507 e. The fourth-order valence-corrected chi connectivity index (χ4v) is 5.07. The predicted molar refractivity (Wildman–Crippen MR) is 130 cm³/mol. The van der Waals surface area contributed by atoms with Gasteiger partial charge in [-0.05, 0) is 23.6 Å². The number of hydrogen-bond acceptors (Lipinski definition) is 7. The van der Waals surface area contributed by atoms with Crippen molar-refractivity contribution in [3.8, 4) is 17.2 Å². The first-order chi connectivity index (χ1) is 16.4. The van der Waals surface area contributed by atoms with Gasteiger partial charge >= 0.3 is 0 Å². The lowest BCUT2D eigenvalue weighted by Crippen LogP contribution is -2.29. The summed E-state index contributed by atoms with van der Waals surface area (Å²) in [7, 11) is 4.41. The van der Waals surface area contributed by atoms with Crippen molar-refractivity contribution in [2.75, 3.05) is 21.3 Å². The Balaban J connectivity index is 1.89. The number of carbonyl (C=O) groups is 2. The number of aliphatic hydroxyl groups excluding tert-OH is 1. The third-order valence-electron chi connectivity index (χ3n) is 5.61. The van der Waals surface area contributed by atoms with Crippen molar-refractivity contribution in [3.05, 3.63) is 80.5 Å². The van der Waals surface area contributed by atoms with Gasteiger partial charge in [-0.3, -0.25) is 9.59 Å². The van der Waals surface area contributed by atoms with E-state index in [2.05, 4.69) is 0 Å². The van der Waals surface area contributed by atoms with E-state index in [-0.39, 0.29) is 34.2 Å². The van der Waals surface area contributed by atoms with Crippen LogP contribution in [0.25, 0.3) is 5.76 Å². The Morgan fingerprint density at radius 2 is 1.71 bits per heavy atom. The van der Waals surface area contributed by atoms with E-state index in [9.17, 15) is 14.7 Å². The molecule has 34 heavy (non-hydrogen) atoms. The van der Waals surface area contributed by atoms with E-state index in [0.717, 1.165) is 10.4 Å². The standard InChI is InChI=1S/C25H22ClNO6S/c1-31-17-8-5-4-7-14(17)13-27-22(20-9-6-10-34-20)21(24(29)25(27)30)23(28)15-11-19(33-3)16(26)12-18(15)32-2/h4-12,22,28H,13H2,1-3H3/b23-21+. The molecule has 1 aromatic heterocycles. The van der Waals surface area contributed by atoms with Crippen LogP contribution in [-0.4, -0.2) is 43.0 Å². The van der Waals surface area contributed by atoms with E-state index >= 15 is 0 Å². The van der Waals surface area contributed by atoms with Gasteiger partial charge in [-0.15, -0.1) is 11.3 Å². The van der Waals surface area contributed by atoms with Crippen molar-refractivity contribution in [1.82, 2.24) is 4.90 Å². The minimum atomic E-state index is -0.795. The number of hydrogen-bond donors (Lipinski definition) is 1. The molecule has 1 aliphatic rings. The molecular formula is C25H22ClNO6S. The number of rotatable bonds is 7. The highest BCUT2D eigenvalue weighted by atomic mass is 35.5. The SMILES string of the molecule is COc1cc(/C(O)=C2\C(=O)C(=O)N(Cc3ccccc3OC)C2c2cccs2)c(OC)cc1Cl. The summed E-state index contributed by atoms with van der Waals surface area (Å²) in [5.74, 6) is -0.749. The molecule has 0 saturated carbocycles. The molecule has 1 fully saturated rings. The van der Waals surface area contributed by atoms with Crippen LogP contribution in [0.5, 0.6) is 17.2 Å². The zero-order valence-corrected chi connectivity index (χ0v) is 20.3. The van der Waals surface area contributed by atoms with Crippen LogP contribution in [0.3, 0.4) is 0 Å². The Bertz CT molecular complexity index is 1270. The van der Waals surface area contributed by atoms with Gasteiger partial charge in [-0.25, -0.2) is 0 Å². The maximum Gasteiger partial charge on any atom is 0.295 e. The molecule has 0 bridgehead atoms. The quantitative estimate of drug-likeness (QED) is 0.278. The lowest BCUT2D eigenvalue weighted by atomic mass is 9.99. The highest BCUT2D eigenvalue weighted by Gasteiger charge is 2.47. The number of ketones is 1. The van der Waals surface area contributed by atoms with E-state index < -0.39 is 17.7 Å². The monoisotopic (exact) mass is 499 g/mol. The van der Waals surface area contributed by atoms with Crippen LogP contribution in [0.4, 0.5) is 0 Å². The van der Waals surface area contributed by atoms with E-state index in [1.54, 1.807) is 13.2 Å². The fraction of sp³-hybridized carbons (Fsp3) is 0.200. The van der Waals surface area contributed by atoms with Gasteiger partial charge in [0, 0.05) is 16.5 Å².